The molecule has 82 valence electrons. The number of rotatable bonds is 0. The van der Waals surface area contributed by atoms with Crippen molar-refractivity contribution < 1.29 is 21.7 Å². The molecular weight excluding hydrogens is 216 g/mol. The van der Waals surface area contributed by atoms with Gasteiger partial charge >= 0.3 is 0 Å². The fraction of sp³-hybridized carbons (Fsp3) is 0.571. The van der Waals surface area contributed by atoms with Gasteiger partial charge in [0.2, 0.25) is 0 Å². The first-order valence-corrected chi connectivity index (χ1v) is 5.32. The average Bonchev–Trinajstić information content (AvgIpc) is 2.01. The van der Waals surface area contributed by atoms with Crippen LogP contribution in [0.2, 0.25) is 0 Å². The minimum atomic E-state index is 0. The van der Waals surface area contributed by atoms with Gasteiger partial charge in [0.15, 0.2) is 0 Å². The van der Waals surface area contributed by atoms with Gasteiger partial charge < -0.3 is 0 Å². The van der Waals surface area contributed by atoms with Crippen molar-refractivity contribution in [3.63, 3.8) is 0 Å². The van der Waals surface area contributed by atoms with Gasteiger partial charge in [-0.05, 0) is 22.0 Å². The maximum atomic E-state index is 2.33. The van der Waals surface area contributed by atoms with Crippen molar-refractivity contribution in [3.8, 4) is 0 Å². The smallest absolute Gasteiger partial charge is 0 e. The van der Waals surface area contributed by atoms with Crippen molar-refractivity contribution in [3.05, 3.63) is 35.4 Å². The van der Waals surface area contributed by atoms with Crippen LogP contribution in [0.4, 0.5) is 0 Å². The van der Waals surface area contributed by atoms with E-state index in [1.54, 1.807) is 0 Å². The Hall–Kier alpha value is -0.0657. The van der Waals surface area contributed by atoms with Crippen LogP contribution in [0, 0.1) is 0 Å². The predicted octanol–water partition coefficient (Wildman–Crippen LogP) is 4.28. The van der Waals surface area contributed by atoms with Gasteiger partial charge in [-0.1, -0.05) is 65.8 Å². The minimum absolute atomic E-state index is 0. The molecule has 1 rings (SSSR count). The molecule has 0 bridgehead atoms. The third-order valence-corrected chi connectivity index (χ3v) is 2.59. The van der Waals surface area contributed by atoms with E-state index in [1.165, 1.54) is 11.1 Å². The van der Waals surface area contributed by atoms with Gasteiger partial charge in [0, 0.05) is 21.7 Å². The fourth-order valence-corrected chi connectivity index (χ4v) is 1.45. The Morgan fingerprint density at radius 1 is 0.733 bits per heavy atom. The van der Waals surface area contributed by atoms with E-state index < -0.39 is 0 Å². The first-order valence-electron chi connectivity index (χ1n) is 5.32. The van der Waals surface area contributed by atoms with Crippen LogP contribution in [0.5, 0.6) is 0 Å². The Morgan fingerprint density at radius 2 is 1.07 bits per heavy atom. The van der Waals surface area contributed by atoms with Gasteiger partial charge in [0.1, 0.15) is 0 Å². The third kappa shape index (κ3) is 4.13. The van der Waals surface area contributed by atoms with E-state index in [0.717, 1.165) is 0 Å². The van der Waals surface area contributed by atoms with Crippen LogP contribution in [0.15, 0.2) is 24.3 Å². The Labute approximate surface area is 109 Å². The van der Waals surface area contributed by atoms with Gasteiger partial charge in [-0.3, -0.25) is 0 Å². The number of hydrogen-bond donors (Lipinski definition) is 0. The molecule has 0 aliphatic rings. The fourth-order valence-electron chi connectivity index (χ4n) is 1.45. The number of hydrogen-bond acceptors (Lipinski definition) is 0. The standard InChI is InChI=1S/C14H22.Ti/c1-13(2,3)11-8-7-9-12(10-11)14(4,5)6;/h7-10H,1-6H3;. The summed E-state index contributed by atoms with van der Waals surface area (Å²) in [4.78, 5) is 0. The Morgan fingerprint density at radius 3 is 1.33 bits per heavy atom. The van der Waals surface area contributed by atoms with Gasteiger partial charge in [0.05, 0.1) is 0 Å². The summed E-state index contributed by atoms with van der Waals surface area (Å²) in [6.45, 7) is 13.6. The van der Waals surface area contributed by atoms with Gasteiger partial charge in [-0.2, -0.15) is 0 Å². The normalized spacial score (nSPS) is 12.1. The molecule has 0 heterocycles. The summed E-state index contributed by atoms with van der Waals surface area (Å²) >= 11 is 0. The molecule has 0 radical (unpaired) electrons. The first-order chi connectivity index (χ1) is 6.21. The molecule has 0 saturated carbocycles. The van der Waals surface area contributed by atoms with E-state index in [4.69, 9.17) is 0 Å². The van der Waals surface area contributed by atoms with Crippen molar-refractivity contribution >= 4 is 0 Å². The van der Waals surface area contributed by atoms with E-state index in [9.17, 15) is 0 Å². The topological polar surface area (TPSA) is 0 Å². The molecule has 0 saturated heterocycles. The molecule has 1 aromatic carbocycles. The van der Waals surface area contributed by atoms with Crippen LogP contribution in [0.1, 0.15) is 52.7 Å². The summed E-state index contributed by atoms with van der Waals surface area (Å²) < 4.78 is 0. The SMILES string of the molecule is CC(C)(C)c1cccc(C(C)(C)C)c1.[Ti]. The second-order valence-electron chi connectivity index (χ2n) is 6.08. The zero-order chi connectivity index (χ0) is 11.0. The molecule has 15 heavy (non-hydrogen) atoms. The van der Waals surface area contributed by atoms with E-state index in [1.807, 2.05) is 0 Å². The summed E-state index contributed by atoms with van der Waals surface area (Å²) in [5, 5.41) is 0. The van der Waals surface area contributed by atoms with Crippen LogP contribution in [0.25, 0.3) is 0 Å². The zero-order valence-electron chi connectivity index (χ0n) is 10.8. The monoisotopic (exact) mass is 238 g/mol. The van der Waals surface area contributed by atoms with Crippen molar-refractivity contribution in [2.24, 2.45) is 0 Å². The van der Waals surface area contributed by atoms with Crippen molar-refractivity contribution in [1.82, 2.24) is 0 Å². The molecule has 0 N–H and O–H groups in total. The van der Waals surface area contributed by atoms with Gasteiger partial charge in [-0.25, -0.2) is 0 Å². The Balaban J connectivity index is 0.00000196. The van der Waals surface area contributed by atoms with E-state index in [2.05, 4.69) is 65.8 Å². The summed E-state index contributed by atoms with van der Waals surface area (Å²) in [5.74, 6) is 0. The minimum Gasteiger partial charge on any atom is -0.0617 e. The van der Waals surface area contributed by atoms with E-state index in [0.29, 0.717) is 0 Å². The molecular formula is C14H22Ti. The maximum Gasteiger partial charge on any atom is 0 e. The van der Waals surface area contributed by atoms with Crippen LogP contribution in [-0.2, 0) is 32.5 Å². The summed E-state index contributed by atoms with van der Waals surface area (Å²) in [6, 6.07) is 8.94. The predicted molar refractivity (Wildman–Crippen MR) is 63.8 cm³/mol. The van der Waals surface area contributed by atoms with E-state index in [-0.39, 0.29) is 32.5 Å². The summed E-state index contributed by atoms with van der Waals surface area (Å²) in [5.41, 5.74) is 3.34. The molecule has 0 unspecified atom stereocenters. The molecule has 1 aromatic rings. The summed E-state index contributed by atoms with van der Waals surface area (Å²) in [6.07, 6.45) is 0. The Kier molecular flexibility index (Phi) is 4.82. The van der Waals surface area contributed by atoms with Gasteiger partial charge in [0.25, 0.3) is 0 Å². The summed E-state index contributed by atoms with van der Waals surface area (Å²) in [7, 11) is 0. The molecule has 0 atom stereocenters. The Bertz CT molecular complexity index is 284. The largest absolute Gasteiger partial charge is 0.0617 e. The molecule has 1 heteroatoms. The van der Waals surface area contributed by atoms with Crippen molar-refractivity contribution in [1.29, 1.82) is 0 Å². The maximum absolute atomic E-state index is 2.33. The zero-order valence-corrected chi connectivity index (χ0v) is 12.4. The van der Waals surface area contributed by atoms with E-state index >= 15 is 0 Å². The van der Waals surface area contributed by atoms with Crippen LogP contribution >= 0.6 is 0 Å². The second-order valence-corrected chi connectivity index (χ2v) is 6.08. The quantitative estimate of drug-likeness (QED) is 0.592. The molecule has 0 fully saturated rings. The van der Waals surface area contributed by atoms with Crippen molar-refractivity contribution in [2.75, 3.05) is 0 Å². The molecule has 0 nitrogen and oxygen atoms in total. The average molecular weight is 238 g/mol. The molecule has 0 spiro atoms. The van der Waals surface area contributed by atoms with Gasteiger partial charge in [-0.15, -0.1) is 0 Å². The van der Waals surface area contributed by atoms with Crippen LogP contribution in [0.3, 0.4) is 0 Å². The number of benzene rings is 1. The second kappa shape index (κ2) is 4.85. The molecule has 0 aliphatic carbocycles. The van der Waals surface area contributed by atoms with Crippen LogP contribution < -0.4 is 0 Å². The third-order valence-electron chi connectivity index (χ3n) is 2.59. The molecule has 0 aromatic heterocycles. The molecule has 0 amide bonds. The molecule has 0 aliphatic heterocycles. The van der Waals surface area contributed by atoms with Crippen molar-refractivity contribution in [2.45, 2.75) is 52.4 Å². The van der Waals surface area contributed by atoms with Crippen LogP contribution in [-0.4, -0.2) is 0 Å². The first kappa shape index (κ1) is 14.9.